The second-order valence-corrected chi connectivity index (χ2v) is 12.0. The number of fused-ring (bicyclic) bond motifs is 6. The Kier molecular flexibility index (Phi) is 7.08. The van der Waals surface area contributed by atoms with Gasteiger partial charge in [-0.3, -0.25) is 4.79 Å². The van der Waals surface area contributed by atoms with E-state index in [1.807, 2.05) is 18.2 Å². The fraction of sp³-hybridized carbons (Fsp3) is 0.613. The minimum atomic E-state index is -0.186. The van der Waals surface area contributed by atoms with Crippen molar-refractivity contribution in [3.05, 3.63) is 53.1 Å². The Hall–Kier alpha value is -2.64. The average molecular weight is 521 g/mol. The van der Waals surface area contributed by atoms with E-state index in [0.29, 0.717) is 55.8 Å². The lowest BCUT2D eigenvalue weighted by molar-refractivity contribution is -0.129. The molecule has 2 N–H and O–H groups in total. The van der Waals surface area contributed by atoms with E-state index in [9.17, 15) is 9.59 Å². The Morgan fingerprint density at radius 2 is 2.05 bits per heavy atom. The molecule has 1 heterocycles. The molecule has 2 amide bonds. The summed E-state index contributed by atoms with van der Waals surface area (Å²) in [7, 11) is 1.73. The van der Waals surface area contributed by atoms with Crippen LogP contribution in [0.25, 0.3) is 0 Å². The van der Waals surface area contributed by atoms with Crippen LogP contribution < -0.4 is 15.4 Å². The molecule has 0 bridgehead atoms. The van der Waals surface area contributed by atoms with Gasteiger partial charge in [-0.15, -0.1) is 0 Å². The third kappa shape index (κ3) is 4.68. The molecule has 0 radical (unpaired) electrons. The number of amides is 2. The zero-order valence-electron chi connectivity index (χ0n) is 22.5. The van der Waals surface area contributed by atoms with Crippen LogP contribution in [0.5, 0.6) is 5.75 Å². The van der Waals surface area contributed by atoms with E-state index >= 15 is 0 Å². The molecule has 204 valence electrons. The van der Waals surface area contributed by atoms with E-state index < -0.39 is 0 Å². The van der Waals surface area contributed by atoms with Crippen LogP contribution in [-0.2, 0) is 20.7 Å². The number of urea groups is 1. The highest BCUT2D eigenvalue weighted by Crippen LogP contribution is 2.62. The van der Waals surface area contributed by atoms with Gasteiger partial charge in [-0.05, 0) is 97.1 Å². The molecule has 7 heteroatoms. The topological polar surface area (TPSA) is 85.9 Å². The van der Waals surface area contributed by atoms with Gasteiger partial charge in [0.2, 0.25) is 0 Å². The van der Waals surface area contributed by atoms with Crippen molar-refractivity contribution in [2.24, 2.45) is 23.2 Å². The van der Waals surface area contributed by atoms with E-state index in [0.717, 1.165) is 49.8 Å². The van der Waals surface area contributed by atoms with Crippen molar-refractivity contribution in [1.82, 2.24) is 10.6 Å². The van der Waals surface area contributed by atoms with E-state index in [1.54, 1.807) is 7.11 Å². The van der Waals surface area contributed by atoms with Crippen LogP contribution in [0.1, 0.15) is 62.5 Å². The second-order valence-electron chi connectivity index (χ2n) is 12.0. The van der Waals surface area contributed by atoms with Gasteiger partial charge in [-0.25, -0.2) is 4.79 Å². The maximum Gasteiger partial charge on any atom is 0.315 e. The molecule has 4 aliphatic carbocycles. The lowest BCUT2D eigenvalue weighted by atomic mass is 9.54. The number of Topliss-reactive ketones (excluding diaryl/α,β-unsaturated/α-hetero) is 1. The molecule has 1 aromatic carbocycles. The predicted molar refractivity (Wildman–Crippen MR) is 144 cm³/mol. The molecular formula is C31H40N2O5. The standard InChI is InChI=1S/C31H40N2O5/c1-31-12-11-24-23-9-7-22(36-2)15-20(23)6-8-25(24)29(31)21(16-28(31)34)4-3-13-32-30(35)33-17-19-5-10-26-27(14-19)38-18-37-26/h5,7,9-10,14-15,21,24-27,29H,3-4,6,8,11-13,16-18H2,1-2H3,(H2,32,33,35)/t21-,24-,25-,26?,27?,29+,31-/m1/s1. The van der Waals surface area contributed by atoms with Crippen molar-refractivity contribution in [1.29, 1.82) is 0 Å². The van der Waals surface area contributed by atoms with Crippen molar-refractivity contribution in [3.8, 4) is 5.75 Å². The van der Waals surface area contributed by atoms with Gasteiger partial charge in [0.15, 0.2) is 0 Å². The summed E-state index contributed by atoms with van der Waals surface area (Å²) in [6.07, 6.45) is 12.8. The number of nitrogens with one attached hydrogen (secondary N) is 2. The van der Waals surface area contributed by atoms with E-state index in [4.69, 9.17) is 14.2 Å². The molecule has 3 fully saturated rings. The van der Waals surface area contributed by atoms with Crippen molar-refractivity contribution in [2.75, 3.05) is 27.0 Å². The number of hydrogen-bond acceptors (Lipinski definition) is 5. The first-order valence-electron chi connectivity index (χ1n) is 14.3. The smallest absolute Gasteiger partial charge is 0.315 e. The van der Waals surface area contributed by atoms with Crippen LogP contribution in [0, 0.1) is 23.2 Å². The van der Waals surface area contributed by atoms with Crippen molar-refractivity contribution in [3.63, 3.8) is 0 Å². The Labute approximate surface area is 225 Å². The van der Waals surface area contributed by atoms with Gasteiger partial charge in [-0.2, -0.15) is 0 Å². The van der Waals surface area contributed by atoms with Gasteiger partial charge < -0.3 is 24.8 Å². The normalized spacial score (nSPS) is 35.0. The number of carbonyl (C=O) groups excluding carboxylic acids is 2. The number of hydrogen-bond donors (Lipinski definition) is 2. The molecule has 7 atom stereocenters. The summed E-state index contributed by atoms with van der Waals surface area (Å²) in [6.45, 7) is 3.63. The molecule has 1 saturated heterocycles. The molecule has 5 aliphatic rings. The first kappa shape index (κ1) is 25.6. The Morgan fingerprint density at radius 1 is 1.18 bits per heavy atom. The molecule has 6 rings (SSSR count). The highest BCUT2D eigenvalue weighted by molar-refractivity contribution is 5.87. The van der Waals surface area contributed by atoms with Gasteiger partial charge in [0.25, 0.3) is 0 Å². The molecule has 7 nitrogen and oxygen atoms in total. The Balaban J connectivity index is 1.02. The minimum Gasteiger partial charge on any atom is -0.497 e. The molecule has 38 heavy (non-hydrogen) atoms. The zero-order valence-corrected chi connectivity index (χ0v) is 22.5. The summed E-state index contributed by atoms with van der Waals surface area (Å²) in [6, 6.07) is 6.42. The van der Waals surface area contributed by atoms with Gasteiger partial charge in [0, 0.05) is 24.9 Å². The minimum absolute atomic E-state index is 0.0109. The number of ether oxygens (including phenoxy) is 3. The van der Waals surface area contributed by atoms with Gasteiger partial charge >= 0.3 is 6.03 Å². The SMILES string of the molecule is COc1ccc2c(c1)CC[C@H]1[C@@H]3[C@H](CCCNC(=O)NCC4=CC5OCOC5C=C4)CC(=O)[C@@]3(C)CC[C@H]21. The zero-order chi connectivity index (χ0) is 26.3. The van der Waals surface area contributed by atoms with Crippen molar-refractivity contribution < 1.29 is 23.8 Å². The highest BCUT2D eigenvalue weighted by atomic mass is 16.7. The van der Waals surface area contributed by atoms with Gasteiger partial charge in [0.05, 0.1) is 7.11 Å². The molecular weight excluding hydrogens is 480 g/mol. The summed E-state index contributed by atoms with van der Waals surface area (Å²) >= 11 is 0. The number of aryl methyl sites for hydroxylation is 1. The van der Waals surface area contributed by atoms with E-state index in [1.165, 1.54) is 11.1 Å². The summed E-state index contributed by atoms with van der Waals surface area (Å²) in [5.74, 6) is 3.35. The summed E-state index contributed by atoms with van der Waals surface area (Å²) in [5.41, 5.74) is 3.74. The largest absolute Gasteiger partial charge is 0.497 e. The average Bonchev–Trinajstić information content (AvgIpc) is 3.50. The summed E-state index contributed by atoms with van der Waals surface area (Å²) in [4.78, 5) is 25.7. The summed E-state index contributed by atoms with van der Waals surface area (Å²) in [5, 5.41) is 5.96. The molecule has 0 spiro atoms. The molecule has 1 aromatic rings. The maximum atomic E-state index is 13.3. The maximum absolute atomic E-state index is 13.3. The first-order valence-corrected chi connectivity index (χ1v) is 14.3. The first-order chi connectivity index (χ1) is 18.5. The van der Waals surface area contributed by atoms with Crippen LogP contribution in [-0.4, -0.2) is 51.0 Å². The Morgan fingerprint density at radius 3 is 2.92 bits per heavy atom. The third-order valence-electron chi connectivity index (χ3n) is 9.99. The highest BCUT2D eigenvalue weighted by Gasteiger charge is 2.58. The fourth-order valence-corrected chi connectivity index (χ4v) is 8.12. The monoisotopic (exact) mass is 520 g/mol. The van der Waals surface area contributed by atoms with Crippen LogP contribution in [0.4, 0.5) is 4.79 Å². The molecule has 2 unspecified atom stereocenters. The molecule has 1 aliphatic heterocycles. The molecule has 2 saturated carbocycles. The van der Waals surface area contributed by atoms with E-state index in [2.05, 4.69) is 35.8 Å². The van der Waals surface area contributed by atoms with Crippen LogP contribution in [0.2, 0.25) is 0 Å². The molecule has 0 aromatic heterocycles. The number of rotatable bonds is 7. The lowest BCUT2D eigenvalue weighted by Gasteiger charge is -2.50. The number of carbonyl (C=O) groups is 2. The lowest BCUT2D eigenvalue weighted by Crippen LogP contribution is -2.44. The summed E-state index contributed by atoms with van der Waals surface area (Å²) < 4.78 is 16.5. The third-order valence-corrected chi connectivity index (χ3v) is 9.99. The number of benzene rings is 1. The van der Waals surface area contributed by atoms with Gasteiger partial charge in [0.1, 0.15) is 30.5 Å². The van der Waals surface area contributed by atoms with Gasteiger partial charge in [-0.1, -0.05) is 25.1 Å². The van der Waals surface area contributed by atoms with Crippen molar-refractivity contribution >= 4 is 11.8 Å². The Bertz CT molecular complexity index is 1150. The second kappa shape index (κ2) is 10.5. The van der Waals surface area contributed by atoms with Crippen LogP contribution in [0.3, 0.4) is 0 Å². The quantitative estimate of drug-likeness (QED) is 0.511. The number of methoxy groups -OCH3 is 1. The van der Waals surface area contributed by atoms with Crippen LogP contribution in [0.15, 0.2) is 42.0 Å². The van der Waals surface area contributed by atoms with E-state index in [-0.39, 0.29) is 23.7 Å². The fourth-order valence-electron chi connectivity index (χ4n) is 8.12. The van der Waals surface area contributed by atoms with Crippen LogP contribution >= 0.6 is 0 Å². The number of ketones is 1. The van der Waals surface area contributed by atoms with Crippen molar-refractivity contribution in [2.45, 2.75) is 70.0 Å². The predicted octanol–water partition coefficient (Wildman–Crippen LogP) is 4.66.